The molecule has 4 nitrogen and oxygen atoms in total. The van der Waals surface area contributed by atoms with Crippen molar-refractivity contribution in [2.75, 3.05) is 6.54 Å². The van der Waals surface area contributed by atoms with E-state index in [1.807, 2.05) is 30.3 Å². The monoisotopic (exact) mass is 348 g/mol. The van der Waals surface area contributed by atoms with Crippen LogP contribution in [0.25, 0.3) is 0 Å². The maximum atomic E-state index is 12.5. The highest BCUT2D eigenvalue weighted by Gasteiger charge is 2.32. The number of aromatic nitrogens is 1. The summed E-state index contributed by atoms with van der Waals surface area (Å²) in [6.07, 6.45) is -4.82. The number of benzene rings is 1. The van der Waals surface area contributed by atoms with Crippen molar-refractivity contribution in [2.45, 2.75) is 19.2 Å². The number of hydrogen-bond acceptors (Lipinski definition) is 3. The first kappa shape index (κ1) is 18.3. The molecule has 0 atom stereocenters. The fourth-order valence-electron chi connectivity index (χ4n) is 1.82. The molecular weight excluding hydrogens is 333 g/mol. The second kappa shape index (κ2) is 8.73. The van der Waals surface area contributed by atoms with Crippen molar-refractivity contribution in [3.05, 3.63) is 65.5 Å². The standard InChI is InChI=1S/C18H15F3N2O2/c19-18(20,21)16-11-6-10-15(23-16)9-4-5-12-22-17(24)25-13-14-7-2-1-3-8-14/h1-3,6-8,10-11H,5,12-13H2,(H,22,24). The molecule has 2 rings (SSSR count). The van der Waals surface area contributed by atoms with E-state index in [1.165, 1.54) is 12.1 Å². The van der Waals surface area contributed by atoms with E-state index in [-0.39, 0.29) is 25.3 Å². The average Bonchev–Trinajstić information content (AvgIpc) is 2.60. The lowest BCUT2D eigenvalue weighted by molar-refractivity contribution is -0.141. The summed E-state index contributed by atoms with van der Waals surface area (Å²) in [5, 5.41) is 2.51. The van der Waals surface area contributed by atoms with Crippen molar-refractivity contribution in [1.82, 2.24) is 10.3 Å². The van der Waals surface area contributed by atoms with E-state index >= 15 is 0 Å². The number of carbonyl (C=O) groups excluding carboxylic acids is 1. The van der Waals surface area contributed by atoms with Crippen LogP contribution in [0.5, 0.6) is 0 Å². The number of ether oxygens (including phenoxy) is 1. The van der Waals surface area contributed by atoms with Crippen LogP contribution in [0.15, 0.2) is 48.5 Å². The molecule has 0 fully saturated rings. The van der Waals surface area contributed by atoms with Gasteiger partial charge in [0.05, 0.1) is 0 Å². The van der Waals surface area contributed by atoms with Gasteiger partial charge in [0.15, 0.2) is 0 Å². The third-order valence-electron chi connectivity index (χ3n) is 2.99. The van der Waals surface area contributed by atoms with Gasteiger partial charge in [-0.2, -0.15) is 13.2 Å². The number of hydrogen-bond donors (Lipinski definition) is 1. The number of carbonyl (C=O) groups is 1. The van der Waals surface area contributed by atoms with E-state index in [1.54, 1.807) is 0 Å². The number of alkyl carbamates (subject to hydrolysis) is 1. The van der Waals surface area contributed by atoms with Crippen molar-refractivity contribution < 1.29 is 22.7 Å². The zero-order valence-electron chi connectivity index (χ0n) is 13.1. The van der Waals surface area contributed by atoms with E-state index in [0.717, 1.165) is 11.6 Å². The van der Waals surface area contributed by atoms with Crippen molar-refractivity contribution in [2.24, 2.45) is 0 Å². The molecule has 0 unspecified atom stereocenters. The molecule has 0 aliphatic carbocycles. The predicted octanol–water partition coefficient (Wildman–Crippen LogP) is 3.77. The number of rotatable bonds is 4. The summed E-state index contributed by atoms with van der Waals surface area (Å²) in [6, 6.07) is 12.7. The molecule has 0 aliphatic heterocycles. The van der Waals surface area contributed by atoms with Gasteiger partial charge in [-0.05, 0) is 23.6 Å². The minimum atomic E-state index is -4.50. The van der Waals surface area contributed by atoms with Gasteiger partial charge in [-0.15, -0.1) is 0 Å². The van der Waals surface area contributed by atoms with Gasteiger partial charge in [0.2, 0.25) is 0 Å². The Morgan fingerprint density at radius 2 is 1.88 bits per heavy atom. The van der Waals surface area contributed by atoms with E-state index in [4.69, 9.17) is 4.74 Å². The lowest BCUT2D eigenvalue weighted by atomic mass is 10.2. The van der Waals surface area contributed by atoms with Crippen LogP contribution in [-0.2, 0) is 17.5 Å². The van der Waals surface area contributed by atoms with Gasteiger partial charge in [0, 0.05) is 13.0 Å². The van der Waals surface area contributed by atoms with Gasteiger partial charge in [-0.3, -0.25) is 0 Å². The number of nitrogens with zero attached hydrogens (tertiary/aromatic N) is 1. The highest BCUT2D eigenvalue weighted by Crippen LogP contribution is 2.27. The summed E-state index contributed by atoms with van der Waals surface area (Å²) in [7, 11) is 0. The van der Waals surface area contributed by atoms with Crippen molar-refractivity contribution in [3.8, 4) is 11.8 Å². The Hall–Kier alpha value is -3.01. The third kappa shape index (κ3) is 6.55. The first-order valence-electron chi connectivity index (χ1n) is 7.43. The maximum absolute atomic E-state index is 12.5. The zero-order chi connectivity index (χ0) is 18.1. The smallest absolute Gasteiger partial charge is 0.433 e. The third-order valence-corrected chi connectivity index (χ3v) is 2.99. The number of pyridine rings is 1. The van der Waals surface area contributed by atoms with Crippen LogP contribution >= 0.6 is 0 Å². The highest BCUT2D eigenvalue weighted by atomic mass is 19.4. The number of halogens is 3. The minimum Gasteiger partial charge on any atom is -0.445 e. The van der Waals surface area contributed by atoms with Gasteiger partial charge in [-0.25, -0.2) is 9.78 Å². The molecule has 1 N–H and O–H groups in total. The normalized spacial score (nSPS) is 10.5. The zero-order valence-corrected chi connectivity index (χ0v) is 13.1. The van der Waals surface area contributed by atoms with Gasteiger partial charge >= 0.3 is 12.3 Å². The van der Waals surface area contributed by atoms with Crippen LogP contribution in [0.4, 0.5) is 18.0 Å². The number of alkyl halides is 3. The Balaban J connectivity index is 1.73. The molecule has 0 radical (unpaired) electrons. The number of amides is 1. The van der Waals surface area contributed by atoms with Gasteiger partial charge in [-0.1, -0.05) is 42.3 Å². The summed E-state index contributed by atoms with van der Waals surface area (Å²) < 4.78 is 42.6. The Bertz CT molecular complexity index is 765. The summed E-state index contributed by atoms with van der Waals surface area (Å²) in [5.41, 5.74) is -0.0866. The average molecular weight is 348 g/mol. The topological polar surface area (TPSA) is 51.2 Å². The molecule has 0 saturated heterocycles. The molecule has 7 heteroatoms. The Morgan fingerprint density at radius 3 is 2.60 bits per heavy atom. The second-order valence-corrected chi connectivity index (χ2v) is 4.95. The van der Waals surface area contributed by atoms with Crippen molar-refractivity contribution in [3.63, 3.8) is 0 Å². The molecule has 25 heavy (non-hydrogen) atoms. The molecule has 0 bridgehead atoms. The largest absolute Gasteiger partial charge is 0.445 e. The fourth-order valence-corrected chi connectivity index (χ4v) is 1.82. The van der Waals surface area contributed by atoms with E-state index in [9.17, 15) is 18.0 Å². The second-order valence-electron chi connectivity index (χ2n) is 4.95. The first-order chi connectivity index (χ1) is 11.9. The quantitative estimate of drug-likeness (QED) is 0.676. The lowest BCUT2D eigenvalue weighted by Gasteiger charge is -2.05. The molecule has 1 amide bonds. The van der Waals surface area contributed by atoms with Crippen LogP contribution in [0.3, 0.4) is 0 Å². The molecule has 0 saturated carbocycles. The Labute approximate surface area is 143 Å². The van der Waals surface area contributed by atoms with Crippen LogP contribution in [-0.4, -0.2) is 17.6 Å². The van der Waals surface area contributed by atoms with Gasteiger partial charge < -0.3 is 10.1 Å². The SMILES string of the molecule is O=C(NCCC#Cc1cccc(C(F)(F)F)n1)OCc1ccccc1. The fraction of sp³-hybridized carbons (Fsp3) is 0.222. The molecular formula is C18H15F3N2O2. The van der Waals surface area contributed by atoms with E-state index < -0.39 is 18.0 Å². The van der Waals surface area contributed by atoms with Crippen molar-refractivity contribution >= 4 is 6.09 Å². The van der Waals surface area contributed by atoms with Crippen LogP contribution in [0.2, 0.25) is 0 Å². The van der Waals surface area contributed by atoms with Crippen molar-refractivity contribution in [1.29, 1.82) is 0 Å². The first-order valence-corrected chi connectivity index (χ1v) is 7.43. The predicted molar refractivity (Wildman–Crippen MR) is 85.4 cm³/mol. The maximum Gasteiger partial charge on any atom is 0.433 e. The minimum absolute atomic E-state index is 0.0291. The van der Waals surface area contributed by atoms with Crippen LogP contribution in [0, 0.1) is 11.8 Å². The summed E-state index contributed by atoms with van der Waals surface area (Å²) in [5.74, 6) is 5.19. The Morgan fingerprint density at radius 1 is 1.12 bits per heavy atom. The molecule has 130 valence electrons. The summed E-state index contributed by atoms with van der Waals surface area (Å²) >= 11 is 0. The lowest BCUT2D eigenvalue weighted by Crippen LogP contribution is -2.24. The highest BCUT2D eigenvalue weighted by molar-refractivity contribution is 5.67. The Kier molecular flexibility index (Phi) is 6.40. The molecule has 2 aromatic rings. The molecule has 0 spiro atoms. The molecule has 1 heterocycles. The molecule has 1 aromatic carbocycles. The van der Waals surface area contributed by atoms with E-state index in [2.05, 4.69) is 22.1 Å². The molecule has 0 aliphatic rings. The van der Waals surface area contributed by atoms with Gasteiger partial charge in [0.1, 0.15) is 18.0 Å². The summed E-state index contributed by atoms with van der Waals surface area (Å²) in [4.78, 5) is 14.9. The van der Waals surface area contributed by atoms with Crippen LogP contribution < -0.4 is 5.32 Å². The van der Waals surface area contributed by atoms with Gasteiger partial charge in [0.25, 0.3) is 0 Å². The van der Waals surface area contributed by atoms with E-state index in [0.29, 0.717) is 0 Å². The van der Waals surface area contributed by atoms with Crippen LogP contribution in [0.1, 0.15) is 23.4 Å². The number of nitrogens with one attached hydrogen (secondary N) is 1. The summed E-state index contributed by atoms with van der Waals surface area (Å²) in [6.45, 7) is 0.381. The molecule has 1 aromatic heterocycles.